The molecule has 1 aromatic carbocycles. The Morgan fingerprint density at radius 3 is 2.71 bits per heavy atom. The molecule has 0 aliphatic rings. The van der Waals surface area contributed by atoms with Gasteiger partial charge in [0.2, 0.25) is 5.91 Å². The molecule has 0 aliphatic heterocycles. The Morgan fingerprint density at radius 2 is 2.00 bits per heavy atom. The third kappa shape index (κ3) is 5.29. The summed E-state index contributed by atoms with van der Waals surface area (Å²) in [5.41, 5.74) is 0.688. The van der Waals surface area contributed by atoms with Crippen LogP contribution in [0.3, 0.4) is 0 Å². The summed E-state index contributed by atoms with van der Waals surface area (Å²) in [5, 5.41) is 5.49. The number of halogens is 1. The van der Waals surface area contributed by atoms with Gasteiger partial charge < -0.3 is 19.9 Å². The number of nitrogens with zero attached hydrogens (tertiary/aromatic N) is 1. The van der Waals surface area contributed by atoms with Crippen molar-refractivity contribution in [2.75, 3.05) is 32.1 Å². The average molecular weight is 333 g/mol. The van der Waals surface area contributed by atoms with E-state index in [-0.39, 0.29) is 29.5 Å². The smallest absolute Gasteiger partial charge is 0.274 e. The largest absolute Gasteiger partial charge is 0.383 e. The maximum atomic E-state index is 12.9. The molecule has 0 fully saturated rings. The highest BCUT2D eigenvalue weighted by Crippen LogP contribution is 2.05. The number of hydrogen-bond donors (Lipinski definition) is 2. The van der Waals surface area contributed by atoms with E-state index in [0.29, 0.717) is 19.7 Å². The van der Waals surface area contributed by atoms with Gasteiger partial charge in [-0.25, -0.2) is 4.39 Å². The SMILES string of the molecule is COCCNCC(=O)Nc1cccn(Cc2ccc(F)cc2)c1=O. The monoisotopic (exact) mass is 333 g/mol. The standard InChI is InChI=1S/C17H20FN3O3/c1-24-10-8-19-11-16(22)20-15-3-2-9-21(17(15)23)12-13-4-6-14(18)7-5-13/h2-7,9,19H,8,10-12H2,1H3,(H,20,22). The van der Waals surface area contributed by atoms with Crippen LogP contribution in [0.15, 0.2) is 47.4 Å². The normalized spacial score (nSPS) is 10.6. The lowest BCUT2D eigenvalue weighted by atomic mass is 10.2. The van der Waals surface area contributed by atoms with Gasteiger partial charge in [0.05, 0.1) is 19.7 Å². The van der Waals surface area contributed by atoms with E-state index in [1.54, 1.807) is 37.6 Å². The van der Waals surface area contributed by atoms with Crippen molar-refractivity contribution in [2.45, 2.75) is 6.54 Å². The second kappa shape index (κ2) is 8.95. The lowest BCUT2D eigenvalue weighted by molar-refractivity contribution is -0.115. The highest BCUT2D eigenvalue weighted by atomic mass is 19.1. The van der Waals surface area contributed by atoms with Crippen molar-refractivity contribution < 1.29 is 13.9 Å². The zero-order chi connectivity index (χ0) is 17.4. The lowest BCUT2D eigenvalue weighted by Crippen LogP contribution is -2.33. The van der Waals surface area contributed by atoms with Gasteiger partial charge in [-0.15, -0.1) is 0 Å². The molecule has 2 aromatic rings. The number of anilines is 1. The fourth-order valence-corrected chi connectivity index (χ4v) is 2.11. The van der Waals surface area contributed by atoms with E-state index in [1.807, 2.05) is 0 Å². The van der Waals surface area contributed by atoms with Crippen molar-refractivity contribution in [3.63, 3.8) is 0 Å². The van der Waals surface area contributed by atoms with E-state index in [9.17, 15) is 14.0 Å². The summed E-state index contributed by atoms with van der Waals surface area (Å²) in [5.74, 6) is -0.629. The Labute approximate surface area is 139 Å². The molecule has 2 N–H and O–H groups in total. The second-order valence-electron chi connectivity index (χ2n) is 5.20. The van der Waals surface area contributed by atoms with Gasteiger partial charge in [0.15, 0.2) is 0 Å². The predicted molar refractivity (Wildman–Crippen MR) is 89.6 cm³/mol. The van der Waals surface area contributed by atoms with Crippen molar-refractivity contribution in [3.8, 4) is 0 Å². The zero-order valence-corrected chi connectivity index (χ0v) is 13.4. The van der Waals surface area contributed by atoms with Gasteiger partial charge in [0.1, 0.15) is 11.5 Å². The molecule has 0 bridgehead atoms. The summed E-state index contributed by atoms with van der Waals surface area (Å²) in [6.07, 6.45) is 1.62. The molecule has 0 radical (unpaired) electrons. The number of ether oxygens (including phenoxy) is 1. The van der Waals surface area contributed by atoms with Gasteiger partial charge >= 0.3 is 0 Å². The molecule has 6 nitrogen and oxygen atoms in total. The Bertz CT molecular complexity index is 729. The van der Waals surface area contributed by atoms with Crippen molar-refractivity contribution >= 4 is 11.6 Å². The van der Waals surface area contributed by atoms with Gasteiger partial charge in [0.25, 0.3) is 5.56 Å². The Kier molecular flexibility index (Phi) is 6.65. The lowest BCUT2D eigenvalue weighted by Gasteiger charge is -2.10. The molecule has 0 saturated carbocycles. The van der Waals surface area contributed by atoms with Gasteiger partial charge in [-0.05, 0) is 29.8 Å². The average Bonchev–Trinajstić information content (AvgIpc) is 2.57. The van der Waals surface area contributed by atoms with Crippen LogP contribution in [0.5, 0.6) is 0 Å². The number of nitrogens with one attached hydrogen (secondary N) is 2. The number of aromatic nitrogens is 1. The highest BCUT2D eigenvalue weighted by Gasteiger charge is 2.08. The highest BCUT2D eigenvalue weighted by molar-refractivity contribution is 5.92. The van der Waals surface area contributed by atoms with Gasteiger partial charge in [-0.3, -0.25) is 9.59 Å². The molecule has 0 saturated heterocycles. The number of rotatable bonds is 8. The Balaban J connectivity index is 2.01. The number of carbonyl (C=O) groups excluding carboxylic acids is 1. The molecule has 7 heteroatoms. The number of benzene rings is 1. The summed E-state index contributed by atoms with van der Waals surface area (Å²) in [7, 11) is 1.58. The van der Waals surface area contributed by atoms with Gasteiger partial charge in [-0.1, -0.05) is 12.1 Å². The summed E-state index contributed by atoms with van der Waals surface area (Å²) < 4.78 is 19.3. The first-order valence-corrected chi connectivity index (χ1v) is 7.53. The van der Waals surface area contributed by atoms with E-state index in [1.165, 1.54) is 16.7 Å². The number of methoxy groups -OCH3 is 1. The maximum absolute atomic E-state index is 12.9. The molecule has 2 rings (SSSR count). The molecule has 128 valence electrons. The van der Waals surface area contributed by atoms with Gasteiger partial charge in [0, 0.05) is 19.9 Å². The van der Waals surface area contributed by atoms with Crippen molar-refractivity contribution in [2.24, 2.45) is 0 Å². The fourth-order valence-electron chi connectivity index (χ4n) is 2.11. The number of pyridine rings is 1. The molecule has 0 spiro atoms. The quantitative estimate of drug-likeness (QED) is 0.712. The minimum absolute atomic E-state index is 0.0929. The minimum Gasteiger partial charge on any atom is -0.383 e. The molecular formula is C17H20FN3O3. The van der Waals surface area contributed by atoms with Crippen molar-refractivity contribution in [1.82, 2.24) is 9.88 Å². The summed E-state index contributed by atoms with van der Waals surface area (Å²) >= 11 is 0. The van der Waals surface area contributed by atoms with E-state index < -0.39 is 0 Å². The fraction of sp³-hybridized carbons (Fsp3) is 0.294. The van der Waals surface area contributed by atoms with E-state index in [0.717, 1.165) is 5.56 Å². The van der Waals surface area contributed by atoms with Crippen LogP contribution in [-0.4, -0.2) is 37.3 Å². The number of amides is 1. The van der Waals surface area contributed by atoms with Crippen LogP contribution in [0.4, 0.5) is 10.1 Å². The summed E-state index contributed by atoms with van der Waals surface area (Å²) in [4.78, 5) is 24.2. The van der Waals surface area contributed by atoms with Gasteiger partial charge in [-0.2, -0.15) is 0 Å². The van der Waals surface area contributed by atoms with E-state index in [4.69, 9.17) is 4.74 Å². The first kappa shape index (κ1) is 17.8. The van der Waals surface area contributed by atoms with Crippen LogP contribution in [-0.2, 0) is 16.1 Å². The Hall–Kier alpha value is -2.51. The molecule has 0 aliphatic carbocycles. The summed E-state index contributed by atoms with van der Waals surface area (Å²) in [6.45, 7) is 1.45. The van der Waals surface area contributed by atoms with Crippen LogP contribution in [0.2, 0.25) is 0 Å². The molecule has 0 atom stereocenters. The molecule has 0 unspecified atom stereocenters. The van der Waals surface area contributed by atoms with Crippen molar-refractivity contribution in [3.05, 3.63) is 64.3 Å². The first-order chi connectivity index (χ1) is 11.6. The van der Waals surface area contributed by atoms with Crippen LogP contribution in [0.25, 0.3) is 0 Å². The van der Waals surface area contributed by atoms with Crippen LogP contribution >= 0.6 is 0 Å². The number of hydrogen-bond acceptors (Lipinski definition) is 4. The minimum atomic E-state index is -0.326. The van der Waals surface area contributed by atoms with E-state index in [2.05, 4.69) is 10.6 Å². The van der Waals surface area contributed by atoms with E-state index >= 15 is 0 Å². The molecule has 1 amide bonds. The summed E-state index contributed by atoms with van der Waals surface area (Å²) in [6, 6.07) is 9.16. The third-order valence-electron chi connectivity index (χ3n) is 3.33. The topological polar surface area (TPSA) is 72.4 Å². The number of carbonyl (C=O) groups is 1. The van der Waals surface area contributed by atoms with Crippen LogP contribution in [0, 0.1) is 5.82 Å². The molecule has 1 aromatic heterocycles. The van der Waals surface area contributed by atoms with Crippen molar-refractivity contribution in [1.29, 1.82) is 0 Å². The Morgan fingerprint density at radius 1 is 1.25 bits per heavy atom. The third-order valence-corrected chi connectivity index (χ3v) is 3.33. The zero-order valence-electron chi connectivity index (χ0n) is 13.4. The predicted octanol–water partition coefficient (Wildman–Crippen LogP) is 1.21. The first-order valence-electron chi connectivity index (χ1n) is 7.53. The molecule has 1 heterocycles. The van der Waals surface area contributed by atoms with Crippen LogP contribution in [0.1, 0.15) is 5.56 Å². The van der Waals surface area contributed by atoms with Crippen LogP contribution < -0.4 is 16.2 Å². The maximum Gasteiger partial charge on any atom is 0.274 e. The molecule has 24 heavy (non-hydrogen) atoms. The molecular weight excluding hydrogens is 313 g/mol. The second-order valence-corrected chi connectivity index (χ2v) is 5.20.